The first-order valence-corrected chi connectivity index (χ1v) is 8.43. The molecule has 1 aromatic carbocycles. The van der Waals surface area contributed by atoms with E-state index in [0.717, 1.165) is 29.6 Å². The van der Waals surface area contributed by atoms with Gasteiger partial charge >= 0.3 is 0 Å². The van der Waals surface area contributed by atoms with Crippen molar-refractivity contribution in [3.63, 3.8) is 0 Å². The van der Waals surface area contributed by atoms with Crippen LogP contribution in [-0.4, -0.2) is 10.2 Å². The molecule has 0 aromatic heterocycles. The van der Waals surface area contributed by atoms with Gasteiger partial charge in [0.25, 0.3) is 0 Å². The number of allylic oxidation sites excluding steroid dienone is 3. The van der Waals surface area contributed by atoms with Crippen molar-refractivity contribution in [3.05, 3.63) is 65.5 Å². The number of phenols is 1. The Morgan fingerprint density at radius 2 is 1.67 bits per heavy atom. The lowest BCUT2D eigenvalue weighted by Crippen LogP contribution is -2.15. The predicted molar refractivity (Wildman–Crippen MR) is 104 cm³/mol. The maximum Gasteiger partial charge on any atom is 0.115 e. The maximum atomic E-state index is 9.87. The topological polar surface area (TPSA) is 40.5 Å². The number of hydrogen-bond acceptors (Lipinski definition) is 2. The number of aromatic hydroxyl groups is 1. The first-order chi connectivity index (χ1) is 10.8. The number of benzene rings is 1. The number of phenolic OH excluding ortho intramolecular Hbond substituents is 1. The number of rotatable bonds is 5. The summed E-state index contributed by atoms with van der Waals surface area (Å²) >= 11 is 0. The highest BCUT2D eigenvalue weighted by atomic mass is 16.3. The van der Waals surface area contributed by atoms with Crippen LogP contribution in [-0.2, 0) is 11.8 Å². The molecule has 132 valence electrons. The van der Waals surface area contributed by atoms with Crippen LogP contribution in [0.4, 0.5) is 0 Å². The molecule has 0 aliphatic heterocycles. The van der Waals surface area contributed by atoms with Crippen molar-refractivity contribution in [2.45, 2.75) is 59.8 Å². The van der Waals surface area contributed by atoms with E-state index in [1.807, 2.05) is 12.1 Å². The third kappa shape index (κ3) is 5.59. The smallest absolute Gasteiger partial charge is 0.115 e. The normalized spacial score (nSPS) is 13.0. The van der Waals surface area contributed by atoms with Crippen molar-refractivity contribution >= 4 is 0 Å². The van der Waals surface area contributed by atoms with Gasteiger partial charge in [-0.15, -0.1) is 0 Å². The first-order valence-electron chi connectivity index (χ1n) is 8.43. The average Bonchev–Trinajstić information content (AvgIpc) is 2.39. The van der Waals surface area contributed by atoms with E-state index in [1.54, 1.807) is 12.1 Å². The van der Waals surface area contributed by atoms with Crippen LogP contribution in [0.25, 0.3) is 0 Å². The highest BCUT2D eigenvalue weighted by Gasteiger charge is 2.21. The van der Waals surface area contributed by atoms with Gasteiger partial charge in [-0.25, -0.2) is 0 Å². The van der Waals surface area contributed by atoms with Crippen molar-refractivity contribution in [1.82, 2.24) is 0 Å². The van der Waals surface area contributed by atoms with Gasteiger partial charge in [-0.05, 0) is 64.2 Å². The summed E-state index contributed by atoms with van der Waals surface area (Å²) in [4.78, 5) is 0. The minimum atomic E-state index is -0.0764. The molecule has 1 aromatic rings. The van der Waals surface area contributed by atoms with Crippen molar-refractivity contribution in [3.8, 4) is 5.75 Å². The molecule has 0 spiro atoms. The quantitative estimate of drug-likeness (QED) is 0.497. The van der Waals surface area contributed by atoms with Gasteiger partial charge in [0.05, 0.1) is 0 Å². The summed E-state index contributed by atoms with van der Waals surface area (Å²) in [6.07, 6.45) is 3.21. The molecule has 0 amide bonds. The molecule has 0 heterocycles. The lowest BCUT2D eigenvalue weighted by Gasteiger charge is -2.26. The fraction of sp³-hybridized carbons (Fsp3) is 0.455. The van der Waals surface area contributed by atoms with E-state index in [9.17, 15) is 10.2 Å². The summed E-state index contributed by atoms with van der Waals surface area (Å²) in [6, 6.07) is 5.58. The molecule has 0 saturated carbocycles. The van der Waals surface area contributed by atoms with E-state index in [4.69, 9.17) is 0 Å². The van der Waals surface area contributed by atoms with Crippen LogP contribution in [0.2, 0.25) is 0 Å². The fourth-order valence-corrected chi connectivity index (χ4v) is 2.78. The highest BCUT2D eigenvalue weighted by Crippen LogP contribution is 2.34. The molecule has 0 radical (unpaired) electrons. The molecular formula is C22H32O2. The van der Waals surface area contributed by atoms with E-state index in [2.05, 4.69) is 54.7 Å². The molecule has 0 aliphatic rings. The summed E-state index contributed by atoms with van der Waals surface area (Å²) in [7, 11) is 0. The van der Waals surface area contributed by atoms with E-state index >= 15 is 0 Å². The molecule has 0 atom stereocenters. The van der Waals surface area contributed by atoms with Crippen LogP contribution in [0.1, 0.15) is 59.1 Å². The summed E-state index contributed by atoms with van der Waals surface area (Å²) in [5.41, 5.74) is 4.28. The minimum Gasteiger partial charge on any atom is -0.509 e. The molecule has 2 N–H and O–H groups in total. The summed E-state index contributed by atoms with van der Waals surface area (Å²) in [5.74, 6) is 0.326. The Bertz CT molecular complexity index is 650. The second kappa shape index (κ2) is 7.29. The molecule has 0 saturated heterocycles. The van der Waals surface area contributed by atoms with Gasteiger partial charge in [0.2, 0.25) is 0 Å². The second-order valence-corrected chi connectivity index (χ2v) is 8.48. The van der Waals surface area contributed by atoms with E-state index in [1.165, 1.54) is 5.56 Å². The third-order valence-corrected chi connectivity index (χ3v) is 4.19. The maximum absolute atomic E-state index is 9.87. The molecular weight excluding hydrogens is 296 g/mol. The predicted octanol–water partition coefficient (Wildman–Crippen LogP) is 6.22. The van der Waals surface area contributed by atoms with Crippen molar-refractivity contribution < 1.29 is 10.2 Å². The van der Waals surface area contributed by atoms with Gasteiger partial charge in [-0.1, -0.05) is 60.8 Å². The van der Waals surface area contributed by atoms with Gasteiger partial charge in [0.15, 0.2) is 0 Å². The van der Waals surface area contributed by atoms with Crippen LogP contribution in [0.3, 0.4) is 0 Å². The van der Waals surface area contributed by atoms with Crippen LogP contribution in [0.5, 0.6) is 5.75 Å². The average molecular weight is 328 g/mol. The van der Waals surface area contributed by atoms with Gasteiger partial charge in [0.1, 0.15) is 11.5 Å². The second-order valence-electron chi connectivity index (χ2n) is 8.48. The molecule has 2 nitrogen and oxygen atoms in total. The first kappa shape index (κ1) is 20.1. The number of aliphatic hydroxyl groups excluding tert-OH is 1. The minimum absolute atomic E-state index is 0.00846. The molecule has 1 rings (SSSR count). The van der Waals surface area contributed by atoms with E-state index in [-0.39, 0.29) is 22.3 Å². The van der Waals surface area contributed by atoms with Gasteiger partial charge in [-0.2, -0.15) is 0 Å². The zero-order chi connectivity index (χ0) is 18.7. The molecule has 0 aliphatic carbocycles. The Morgan fingerprint density at radius 1 is 1.08 bits per heavy atom. The van der Waals surface area contributed by atoms with E-state index in [0.29, 0.717) is 0 Å². The lowest BCUT2D eigenvalue weighted by atomic mass is 9.79. The Labute approximate surface area is 147 Å². The Hall–Kier alpha value is -1.96. The van der Waals surface area contributed by atoms with Crippen molar-refractivity contribution in [1.29, 1.82) is 0 Å². The van der Waals surface area contributed by atoms with Crippen molar-refractivity contribution in [2.75, 3.05) is 0 Å². The van der Waals surface area contributed by atoms with Gasteiger partial charge < -0.3 is 10.2 Å². The largest absolute Gasteiger partial charge is 0.509 e. The summed E-state index contributed by atoms with van der Waals surface area (Å²) < 4.78 is 0. The van der Waals surface area contributed by atoms with Crippen LogP contribution < -0.4 is 0 Å². The fourth-order valence-electron chi connectivity index (χ4n) is 2.78. The molecule has 24 heavy (non-hydrogen) atoms. The SMILES string of the molecule is C=C(O)/C=C(/CCc1cc(O)ccc1C(C)(C)C)C(=C)C(C)(C)C. The molecule has 2 heteroatoms. The lowest BCUT2D eigenvalue weighted by molar-refractivity contribution is 0.433. The summed E-state index contributed by atoms with van der Waals surface area (Å²) in [5, 5.41) is 19.5. The summed E-state index contributed by atoms with van der Waals surface area (Å²) in [6.45, 7) is 20.6. The van der Waals surface area contributed by atoms with Gasteiger partial charge in [0, 0.05) is 0 Å². The molecule has 0 fully saturated rings. The van der Waals surface area contributed by atoms with Gasteiger partial charge in [-0.3, -0.25) is 0 Å². The van der Waals surface area contributed by atoms with E-state index < -0.39 is 0 Å². The Balaban J connectivity index is 3.15. The third-order valence-electron chi connectivity index (χ3n) is 4.19. The van der Waals surface area contributed by atoms with Crippen LogP contribution in [0, 0.1) is 5.41 Å². The Morgan fingerprint density at radius 3 is 2.12 bits per heavy atom. The number of aliphatic hydroxyl groups is 1. The molecule has 0 bridgehead atoms. The number of hydrogen-bond donors (Lipinski definition) is 2. The Kier molecular flexibility index (Phi) is 6.10. The van der Waals surface area contributed by atoms with Crippen molar-refractivity contribution in [2.24, 2.45) is 5.41 Å². The van der Waals surface area contributed by atoms with Crippen LogP contribution >= 0.6 is 0 Å². The molecule has 0 unspecified atom stereocenters. The van der Waals surface area contributed by atoms with Crippen LogP contribution in [0.15, 0.2) is 54.3 Å². The monoisotopic (exact) mass is 328 g/mol. The highest BCUT2D eigenvalue weighted by molar-refractivity contribution is 5.41. The zero-order valence-corrected chi connectivity index (χ0v) is 16.0. The number of aryl methyl sites for hydroxylation is 1. The standard InChI is InChI=1S/C22H32O2/c1-15(23)13-17(16(2)21(3,4)5)9-10-18-14-19(24)11-12-20(18)22(6,7)8/h11-14,23-24H,1-2,9-10H2,3-8H3/b17-13-. The zero-order valence-electron chi connectivity index (χ0n) is 16.0.